The molecule has 1 aromatic heterocycles. The van der Waals surface area contributed by atoms with E-state index in [1.54, 1.807) is 11.8 Å². The fourth-order valence-electron chi connectivity index (χ4n) is 3.36. The van der Waals surface area contributed by atoms with Crippen LogP contribution in [-0.4, -0.2) is 33.7 Å². The predicted octanol–water partition coefficient (Wildman–Crippen LogP) is 2.39. The molecule has 110 valence electrons. The second kappa shape index (κ2) is 3.99. The van der Waals surface area contributed by atoms with E-state index in [0.29, 0.717) is 31.6 Å². The molecule has 1 aromatic rings. The summed E-state index contributed by atoms with van der Waals surface area (Å²) in [5.74, 6) is 0.0324. The van der Waals surface area contributed by atoms with E-state index in [2.05, 4.69) is 5.10 Å². The summed E-state index contributed by atoms with van der Waals surface area (Å²) in [7, 11) is 0. The number of hydrogen-bond donors (Lipinski definition) is 0. The van der Waals surface area contributed by atoms with Gasteiger partial charge in [0.25, 0.3) is 0 Å². The lowest BCUT2D eigenvalue weighted by atomic mass is 9.60. The highest BCUT2D eigenvalue weighted by molar-refractivity contribution is 5.74. The Morgan fingerprint density at radius 3 is 2.50 bits per heavy atom. The highest BCUT2D eigenvalue weighted by Gasteiger charge is 2.55. The SMILES string of the molecule is CC(=O)N1CC2(CC(n3nc(C)cc3C(F)(F)F)C2)C1. The van der Waals surface area contributed by atoms with Gasteiger partial charge >= 0.3 is 6.18 Å². The second-order valence-electron chi connectivity index (χ2n) is 6.05. The molecule has 1 saturated heterocycles. The lowest BCUT2D eigenvalue weighted by Crippen LogP contribution is -2.63. The van der Waals surface area contributed by atoms with Gasteiger partial charge in [-0.1, -0.05) is 0 Å². The topological polar surface area (TPSA) is 38.1 Å². The van der Waals surface area contributed by atoms with Gasteiger partial charge in [0.15, 0.2) is 0 Å². The Kier molecular flexibility index (Phi) is 2.68. The van der Waals surface area contributed by atoms with Gasteiger partial charge in [-0.05, 0) is 25.8 Å². The van der Waals surface area contributed by atoms with Crippen LogP contribution in [0.25, 0.3) is 0 Å². The van der Waals surface area contributed by atoms with Gasteiger partial charge in [-0.15, -0.1) is 0 Å². The summed E-state index contributed by atoms with van der Waals surface area (Å²) < 4.78 is 39.9. The minimum absolute atomic E-state index is 0.0268. The van der Waals surface area contributed by atoms with Gasteiger partial charge in [-0.3, -0.25) is 9.48 Å². The third kappa shape index (κ3) is 1.99. The highest BCUT2D eigenvalue weighted by atomic mass is 19.4. The van der Waals surface area contributed by atoms with Crippen molar-refractivity contribution in [3.05, 3.63) is 17.5 Å². The molecule has 0 aromatic carbocycles. The first kappa shape index (κ1) is 13.5. The smallest absolute Gasteiger partial charge is 0.342 e. The van der Waals surface area contributed by atoms with E-state index in [0.717, 1.165) is 10.7 Å². The first-order valence-corrected chi connectivity index (χ1v) is 6.59. The molecule has 2 fully saturated rings. The molecule has 0 radical (unpaired) electrons. The van der Waals surface area contributed by atoms with E-state index in [1.807, 2.05) is 0 Å². The molecular weight excluding hydrogens is 271 g/mol. The van der Waals surface area contributed by atoms with Crippen LogP contribution in [0.4, 0.5) is 13.2 Å². The molecule has 0 unspecified atom stereocenters. The van der Waals surface area contributed by atoms with Crippen LogP contribution in [0.15, 0.2) is 6.07 Å². The zero-order valence-corrected chi connectivity index (χ0v) is 11.4. The summed E-state index contributed by atoms with van der Waals surface area (Å²) >= 11 is 0. The van der Waals surface area contributed by atoms with Crippen molar-refractivity contribution in [1.82, 2.24) is 14.7 Å². The van der Waals surface area contributed by atoms with Gasteiger partial charge in [0.1, 0.15) is 5.69 Å². The van der Waals surface area contributed by atoms with Crippen LogP contribution in [0, 0.1) is 12.3 Å². The Labute approximate surface area is 114 Å². The van der Waals surface area contributed by atoms with Crippen LogP contribution in [-0.2, 0) is 11.0 Å². The van der Waals surface area contributed by atoms with Crippen molar-refractivity contribution in [2.24, 2.45) is 5.41 Å². The van der Waals surface area contributed by atoms with Crippen LogP contribution in [0.5, 0.6) is 0 Å². The molecule has 0 atom stereocenters. The van der Waals surface area contributed by atoms with E-state index in [1.165, 1.54) is 6.92 Å². The molecule has 2 heterocycles. The van der Waals surface area contributed by atoms with E-state index in [4.69, 9.17) is 0 Å². The molecule has 1 aliphatic carbocycles. The first-order chi connectivity index (χ1) is 9.20. The molecule has 1 amide bonds. The maximum atomic E-state index is 12.9. The fraction of sp³-hybridized carbons (Fsp3) is 0.692. The molecule has 0 N–H and O–H groups in total. The van der Waals surface area contributed by atoms with Gasteiger partial charge in [0.05, 0.1) is 11.7 Å². The largest absolute Gasteiger partial charge is 0.433 e. The van der Waals surface area contributed by atoms with Gasteiger partial charge in [0, 0.05) is 25.4 Å². The number of rotatable bonds is 1. The number of likely N-dealkylation sites (tertiary alicyclic amines) is 1. The Morgan fingerprint density at radius 2 is 2.00 bits per heavy atom. The van der Waals surface area contributed by atoms with Gasteiger partial charge in [-0.2, -0.15) is 18.3 Å². The van der Waals surface area contributed by atoms with Crippen LogP contribution in [0.1, 0.15) is 37.2 Å². The minimum atomic E-state index is -4.37. The number of alkyl halides is 3. The maximum absolute atomic E-state index is 12.9. The number of halogens is 3. The number of hydrogen-bond acceptors (Lipinski definition) is 2. The van der Waals surface area contributed by atoms with E-state index in [9.17, 15) is 18.0 Å². The highest BCUT2D eigenvalue weighted by Crippen LogP contribution is 2.54. The standard InChI is InChI=1S/C13H16F3N3O/c1-8-3-11(13(14,15)16)19(17-8)10-4-12(5-10)6-18(7-12)9(2)20/h3,10H,4-7H2,1-2H3. The average Bonchev–Trinajstić information content (AvgIpc) is 2.54. The van der Waals surface area contributed by atoms with Crippen LogP contribution < -0.4 is 0 Å². The Hall–Kier alpha value is -1.53. The van der Waals surface area contributed by atoms with Crippen LogP contribution >= 0.6 is 0 Å². The van der Waals surface area contributed by atoms with Crippen molar-refractivity contribution >= 4 is 5.91 Å². The van der Waals surface area contributed by atoms with Crippen molar-refractivity contribution in [3.8, 4) is 0 Å². The molecule has 3 rings (SSSR count). The Bertz CT molecular complexity index is 550. The zero-order chi connectivity index (χ0) is 14.7. The van der Waals surface area contributed by atoms with E-state index in [-0.39, 0.29) is 17.4 Å². The molecule has 0 bridgehead atoms. The summed E-state index contributed by atoms with van der Waals surface area (Å²) in [6.45, 7) is 4.42. The molecular formula is C13H16F3N3O. The van der Waals surface area contributed by atoms with Gasteiger partial charge in [0.2, 0.25) is 5.91 Å². The zero-order valence-electron chi connectivity index (χ0n) is 11.4. The molecule has 4 nitrogen and oxygen atoms in total. The lowest BCUT2D eigenvalue weighted by molar-refractivity contribution is -0.158. The van der Waals surface area contributed by atoms with Crippen molar-refractivity contribution < 1.29 is 18.0 Å². The van der Waals surface area contributed by atoms with Crippen molar-refractivity contribution in [3.63, 3.8) is 0 Å². The lowest BCUT2D eigenvalue weighted by Gasteiger charge is -2.58. The summed E-state index contributed by atoms with van der Waals surface area (Å²) in [5, 5.41) is 3.99. The van der Waals surface area contributed by atoms with Gasteiger partial charge in [-0.25, -0.2) is 0 Å². The van der Waals surface area contributed by atoms with Crippen molar-refractivity contribution in [2.75, 3.05) is 13.1 Å². The van der Waals surface area contributed by atoms with Gasteiger partial charge < -0.3 is 4.90 Å². The minimum Gasteiger partial charge on any atom is -0.342 e. The number of nitrogens with zero attached hydrogens (tertiary/aromatic N) is 3. The fourth-order valence-corrected chi connectivity index (χ4v) is 3.36. The molecule has 1 aliphatic heterocycles. The number of amides is 1. The average molecular weight is 287 g/mol. The molecule has 1 spiro atoms. The number of aromatic nitrogens is 2. The predicted molar refractivity (Wildman–Crippen MR) is 64.9 cm³/mol. The quantitative estimate of drug-likeness (QED) is 0.795. The maximum Gasteiger partial charge on any atom is 0.433 e. The van der Waals surface area contributed by atoms with E-state index >= 15 is 0 Å². The molecule has 2 aliphatic rings. The summed E-state index contributed by atoms with van der Waals surface area (Å²) in [4.78, 5) is 12.9. The summed E-state index contributed by atoms with van der Waals surface area (Å²) in [5.41, 5.74) is -0.256. The monoisotopic (exact) mass is 287 g/mol. The van der Waals surface area contributed by atoms with Crippen LogP contribution in [0.3, 0.4) is 0 Å². The normalized spacial score (nSPS) is 21.8. The molecule has 20 heavy (non-hydrogen) atoms. The summed E-state index contributed by atoms with van der Waals surface area (Å²) in [6, 6.07) is 0.891. The number of carbonyl (C=O) groups is 1. The van der Waals surface area contributed by atoms with E-state index < -0.39 is 11.9 Å². The van der Waals surface area contributed by atoms with Crippen LogP contribution in [0.2, 0.25) is 0 Å². The van der Waals surface area contributed by atoms with Crippen molar-refractivity contribution in [1.29, 1.82) is 0 Å². The Morgan fingerprint density at radius 1 is 1.40 bits per heavy atom. The molecule has 1 saturated carbocycles. The second-order valence-corrected chi connectivity index (χ2v) is 6.05. The number of aryl methyl sites for hydroxylation is 1. The molecule has 7 heteroatoms. The first-order valence-electron chi connectivity index (χ1n) is 6.59. The number of carbonyl (C=O) groups excluding carboxylic acids is 1. The van der Waals surface area contributed by atoms with Crippen molar-refractivity contribution in [2.45, 2.75) is 38.9 Å². The Balaban J connectivity index is 1.71. The summed E-state index contributed by atoms with van der Waals surface area (Å²) in [6.07, 6.45) is -3.03. The third-order valence-electron chi connectivity index (χ3n) is 4.33. The third-order valence-corrected chi connectivity index (χ3v) is 4.33.